The van der Waals surface area contributed by atoms with Gasteiger partial charge in [0.15, 0.2) is 6.29 Å². The molecule has 4 aromatic carbocycles. The van der Waals surface area contributed by atoms with Crippen molar-refractivity contribution in [1.82, 2.24) is 9.55 Å². The molecule has 4 atom stereocenters. The molecular weight excluding hydrogens is 574 g/mol. The number of amides is 1. The Morgan fingerprint density at radius 1 is 0.889 bits per heavy atom. The highest BCUT2D eigenvalue weighted by atomic mass is 16.7. The molecule has 0 aliphatic carbocycles. The van der Waals surface area contributed by atoms with Crippen molar-refractivity contribution in [2.75, 3.05) is 5.32 Å². The van der Waals surface area contributed by atoms with Gasteiger partial charge in [-0.2, -0.15) is 0 Å². The van der Waals surface area contributed by atoms with Crippen LogP contribution in [0.2, 0.25) is 0 Å². The SMILES string of the molecule is CC1C(Cn2cnc3ccccc32)OC(c2cccc(NC(=O)c3ccc4c(c3)C(=O)OC4=O)c2)OC1c1ccc(CO)cc1. The van der Waals surface area contributed by atoms with E-state index in [0.29, 0.717) is 17.8 Å². The topological polar surface area (TPSA) is 129 Å². The largest absolute Gasteiger partial charge is 0.392 e. The van der Waals surface area contributed by atoms with E-state index in [1.54, 1.807) is 18.2 Å². The second kappa shape index (κ2) is 11.7. The summed E-state index contributed by atoms with van der Waals surface area (Å²) in [5.41, 5.74) is 5.31. The highest BCUT2D eigenvalue weighted by Gasteiger charge is 2.39. The molecule has 2 N–H and O–H groups in total. The Morgan fingerprint density at radius 2 is 1.69 bits per heavy atom. The van der Waals surface area contributed by atoms with Crippen molar-refractivity contribution in [3.8, 4) is 0 Å². The van der Waals surface area contributed by atoms with Gasteiger partial charge in [0, 0.05) is 22.7 Å². The van der Waals surface area contributed by atoms with Gasteiger partial charge in [-0.1, -0.05) is 55.5 Å². The number of rotatable bonds is 7. The smallest absolute Gasteiger partial charge is 0.346 e. The number of carbonyl (C=O) groups is 3. The number of aliphatic hydroxyl groups excluding tert-OH is 1. The van der Waals surface area contributed by atoms with Gasteiger partial charge in [0.25, 0.3) is 5.91 Å². The number of esters is 2. The number of anilines is 1. The summed E-state index contributed by atoms with van der Waals surface area (Å²) >= 11 is 0. The van der Waals surface area contributed by atoms with Crippen molar-refractivity contribution >= 4 is 34.6 Å². The van der Waals surface area contributed by atoms with E-state index in [1.165, 1.54) is 18.2 Å². The molecule has 7 rings (SSSR count). The number of ether oxygens (including phenoxy) is 3. The molecule has 2 aliphatic rings. The van der Waals surface area contributed by atoms with Gasteiger partial charge in [0.1, 0.15) is 0 Å². The monoisotopic (exact) mass is 603 g/mol. The molecule has 45 heavy (non-hydrogen) atoms. The van der Waals surface area contributed by atoms with Gasteiger partial charge in [-0.3, -0.25) is 4.79 Å². The predicted molar refractivity (Wildman–Crippen MR) is 163 cm³/mol. The van der Waals surface area contributed by atoms with Crippen LogP contribution in [0.25, 0.3) is 11.0 Å². The molecule has 10 nitrogen and oxygen atoms in total. The molecule has 4 unspecified atom stereocenters. The summed E-state index contributed by atoms with van der Waals surface area (Å²) in [6.07, 6.45) is 0.501. The number of fused-ring (bicyclic) bond motifs is 2. The molecule has 1 fully saturated rings. The Morgan fingerprint density at radius 3 is 2.51 bits per heavy atom. The van der Waals surface area contributed by atoms with E-state index in [-0.39, 0.29) is 41.4 Å². The molecule has 10 heteroatoms. The normalized spacial score (nSPS) is 21.0. The molecule has 1 amide bonds. The number of nitrogens with one attached hydrogen (secondary N) is 1. The summed E-state index contributed by atoms with van der Waals surface area (Å²) < 4.78 is 19.9. The van der Waals surface area contributed by atoms with Crippen LogP contribution in [0, 0.1) is 5.92 Å². The average molecular weight is 604 g/mol. The van der Waals surface area contributed by atoms with Crippen molar-refractivity contribution in [3.05, 3.63) is 131 Å². The fraction of sp³-hybridized carbons (Fsp3) is 0.200. The first kappa shape index (κ1) is 28.6. The van der Waals surface area contributed by atoms with E-state index in [9.17, 15) is 19.5 Å². The van der Waals surface area contributed by atoms with Gasteiger partial charge in [-0.05, 0) is 53.6 Å². The van der Waals surface area contributed by atoms with Crippen LogP contribution in [0.5, 0.6) is 0 Å². The van der Waals surface area contributed by atoms with E-state index >= 15 is 0 Å². The van der Waals surface area contributed by atoms with Crippen LogP contribution < -0.4 is 5.32 Å². The summed E-state index contributed by atoms with van der Waals surface area (Å²) in [5.74, 6) is -1.98. The standard InChI is InChI=1S/C35H29N3O7/c1-20-30(17-38-19-36-28-7-2-3-8-29(28)38)43-35(44-31(20)22-11-9-21(18-39)10-12-22)24-5-4-6-25(15-24)37-32(40)23-13-14-26-27(16-23)34(42)45-33(26)41/h2-16,19-20,30-31,35,39H,17-18H2,1H3,(H,37,40). The molecule has 0 saturated carbocycles. The maximum atomic E-state index is 13.1. The zero-order valence-corrected chi connectivity index (χ0v) is 24.3. The molecule has 226 valence electrons. The Kier molecular flexibility index (Phi) is 7.46. The third-order valence-electron chi connectivity index (χ3n) is 8.35. The first-order chi connectivity index (χ1) is 21.9. The maximum absolute atomic E-state index is 13.1. The van der Waals surface area contributed by atoms with Crippen molar-refractivity contribution in [2.45, 2.75) is 38.6 Å². The van der Waals surface area contributed by atoms with Crippen molar-refractivity contribution in [2.24, 2.45) is 5.92 Å². The van der Waals surface area contributed by atoms with Crippen molar-refractivity contribution < 1.29 is 33.7 Å². The summed E-state index contributed by atoms with van der Waals surface area (Å²) in [7, 11) is 0. The lowest BCUT2D eigenvalue weighted by molar-refractivity contribution is -0.276. The lowest BCUT2D eigenvalue weighted by atomic mass is 9.90. The van der Waals surface area contributed by atoms with Crippen LogP contribution in [0.4, 0.5) is 5.69 Å². The van der Waals surface area contributed by atoms with E-state index in [0.717, 1.165) is 22.2 Å². The predicted octanol–water partition coefficient (Wildman–Crippen LogP) is 5.58. The van der Waals surface area contributed by atoms with Crippen molar-refractivity contribution in [3.63, 3.8) is 0 Å². The minimum atomic E-state index is -0.772. The van der Waals surface area contributed by atoms with E-state index in [1.807, 2.05) is 60.9 Å². The summed E-state index contributed by atoms with van der Waals surface area (Å²) in [4.78, 5) is 41.4. The van der Waals surface area contributed by atoms with E-state index < -0.39 is 24.1 Å². The Balaban J connectivity index is 1.16. The van der Waals surface area contributed by atoms with Crippen LogP contribution >= 0.6 is 0 Å². The molecular formula is C35H29N3O7. The minimum Gasteiger partial charge on any atom is -0.392 e. The number of imidazole rings is 1. The van der Waals surface area contributed by atoms with Crippen LogP contribution in [0.3, 0.4) is 0 Å². The number of carbonyl (C=O) groups excluding carboxylic acids is 3. The highest BCUT2D eigenvalue weighted by Crippen LogP contribution is 2.42. The number of hydrogen-bond donors (Lipinski definition) is 2. The fourth-order valence-electron chi connectivity index (χ4n) is 5.87. The molecule has 0 bridgehead atoms. The first-order valence-electron chi connectivity index (χ1n) is 14.6. The van der Waals surface area contributed by atoms with Gasteiger partial charge in [-0.15, -0.1) is 0 Å². The molecule has 1 saturated heterocycles. The summed E-state index contributed by atoms with van der Waals surface area (Å²) in [6, 6.07) is 27.1. The number of para-hydroxylation sites is 2. The minimum absolute atomic E-state index is 0.0383. The Bertz CT molecular complexity index is 1930. The number of nitrogens with zero attached hydrogens (tertiary/aromatic N) is 2. The van der Waals surface area contributed by atoms with Crippen LogP contribution in [-0.2, 0) is 27.4 Å². The van der Waals surface area contributed by atoms with Crippen LogP contribution in [0.15, 0.2) is 97.3 Å². The quantitative estimate of drug-likeness (QED) is 0.182. The highest BCUT2D eigenvalue weighted by molar-refractivity contribution is 6.16. The van der Waals surface area contributed by atoms with E-state index in [4.69, 9.17) is 9.47 Å². The van der Waals surface area contributed by atoms with Gasteiger partial charge in [0.05, 0.1) is 53.8 Å². The number of hydrogen-bond acceptors (Lipinski definition) is 8. The first-order valence-corrected chi connectivity index (χ1v) is 14.6. The molecule has 0 radical (unpaired) electrons. The number of aliphatic hydroxyl groups is 1. The molecule has 5 aromatic rings. The average Bonchev–Trinajstić information content (AvgIpc) is 3.61. The molecule has 3 heterocycles. The fourth-order valence-corrected chi connectivity index (χ4v) is 5.87. The third-order valence-corrected chi connectivity index (χ3v) is 8.35. The van der Waals surface area contributed by atoms with Gasteiger partial charge in [0.2, 0.25) is 0 Å². The van der Waals surface area contributed by atoms with Crippen molar-refractivity contribution in [1.29, 1.82) is 0 Å². The maximum Gasteiger partial charge on any atom is 0.346 e. The molecule has 0 spiro atoms. The van der Waals surface area contributed by atoms with Gasteiger partial charge >= 0.3 is 11.9 Å². The number of aromatic nitrogens is 2. The van der Waals surface area contributed by atoms with Crippen LogP contribution in [-0.4, -0.2) is 38.6 Å². The summed E-state index contributed by atoms with van der Waals surface area (Å²) in [6.45, 7) is 2.60. The van der Waals surface area contributed by atoms with E-state index in [2.05, 4.69) is 26.5 Å². The second-order valence-electron chi connectivity index (χ2n) is 11.2. The lowest BCUT2D eigenvalue weighted by Gasteiger charge is -2.41. The Hall–Kier alpha value is -5.16. The molecule has 2 aliphatic heterocycles. The number of cyclic esters (lactones) is 2. The number of benzene rings is 4. The van der Waals surface area contributed by atoms with Crippen LogP contribution in [0.1, 0.15) is 67.1 Å². The van der Waals surface area contributed by atoms with Gasteiger partial charge in [-0.25, -0.2) is 14.6 Å². The zero-order valence-electron chi connectivity index (χ0n) is 24.3. The second-order valence-corrected chi connectivity index (χ2v) is 11.2. The Labute approximate surface area is 258 Å². The van der Waals surface area contributed by atoms with Gasteiger partial charge < -0.3 is 29.2 Å². The molecule has 1 aromatic heterocycles. The third kappa shape index (κ3) is 5.51. The summed E-state index contributed by atoms with van der Waals surface area (Å²) in [5, 5.41) is 12.4. The zero-order chi connectivity index (χ0) is 31.1. The lowest BCUT2D eigenvalue weighted by Crippen LogP contribution is -2.39.